The van der Waals surface area contributed by atoms with Gasteiger partial charge in [-0.25, -0.2) is 0 Å². The molecule has 0 saturated carbocycles. The van der Waals surface area contributed by atoms with Crippen molar-refractivity contribution in [2.45, 2.75) is 6.92 Å². The van der Waals surface area contributed by atoms with Crippen molar-refractivity contribution >= 4 is 18.9 Å². The fourth-order valence-corrected chi connectivity index (χ4v) is 0.470. The van der Waals surface area contributed by atoms with E-state index in [1.54, 1.807) is 0 Å². The molecule has 0 N–H and O–H groups in total. The summed E-state index contributed by atoms with van der Waals surface area (Å²) in [6.07, 6.45) is 8.24. The molecule has 0 fully saturated rings. The van der Waals surface area contributed by atoms with Crippen LogP contribution in [-0.2, 0) is 0 Å². The molecule has 0 aromatic carbocycles. The second-order valence-corrected chi connectivity index (χ2v) is 1.46. The average molecular weight is 87.1 g/mol. The summed E-state index contributed by atoms with van der Waals surface area (Å²) in [4.78, 5) is 0. The van der Waals surface area contributed by atoms with Gasteiger partial charge in [0.2, 0.25) is 0 Å². The Hall–Kier alpha value is 0.0774. The zero-order valence-electron chi connectivity index (χ0n) is 3.81. The van der Waals surface area contributed by atoms with E-state index in [1.807, 2.05) is 12.2 Å². The third-order valence-corrected chi connectivity index (χ3v) is 0.829. The van der Waals surface area contributed by atoms with Gasteiger partial charge in [0.25, 0.3) is 0 Å². The molecule has 0 unspecified atom stereocenters. The number of allylic oxidation sites excluding steroid dienone is 4. The Bertz CT molecular complexity index is 80.4. The molecule has 7 heavy (non-hydrogen) atoms. The molecule has 0 saturated heterocycles. The molecular weight excluding hydrogens is 79.0 g/mol. The Morgan fingerprint density at radius 2 is 1.57 bits per heavy atom. The first-order valence-corrected chi connectivity index (χ1v) is 2.08. The van der Waals surface area contributed by atoms with Gasteiger partial charge in [0.1, 0.15) is 0 Å². The van der Waals surface area contributed by atoms with Crippen LogP contribution in [-0.4, -0.2) is 18.9 Å². The molecule has 1 heteroatoms. The summed E-state index contributed by atoms with van der Waals surface area (Å²) < 4.78 is 0. The maximum atomic E-state index is 2.08. The van der Waals surface area contributed by atoms with Gasteiger partial charge in [0.15, 0.2) is 0 Å². The van der Waals surface area contributed by atoms with Crippen molar-refractivity contribution in [1.29, 1.82) is 0 Å². The molecule has 0 atom stereocenters. The van der Waals surface area contributed by atoms with E-state index in [0.29, 0.717) is 0 Å². The van der Waals surface area contributed by atoms with Crippen molar-refractivity contribution < 1.29 is 0 Å². The Kier molecular flexibility index (Phi) is 3.16. The molecule has 1 radical (unpaired) electrons. The Labute approximate surface area is 56.5 Å². The Morgan fingerprint density at radius 3 is 1.71 bits per heavy atom. The van der Waals surface area contributed by atoms with Crippen molar-refractivity contribution in [2.75, 3.05) is 0 Å². The van der Waals surface area contributed by atoms with Crippen molar-refractivity contribution in [1.82, 2.24) is 0 Å². The van der Waals surface area contributed by atoms with Crippen LogP contribution in [0.15, 0.2) is 24.3 Å². The third kappa shape index (κ3) is 2.02. The van der Waals surface area contributed by atoms with E-state index >= 15 is 0 Å². The molecule has 0 amide bonds. The summed E-state index contributed by atoms with van der Waals surface area (Å²) in [5.41, 5.74) is 0. The van der Waals surface area contributed by atoms with Gasteiger partial charge >= 0.3 is 18.9 Å². The van der Waals surface area contributed by atoms with Gasteiger partial charge in [-0.3, -0.25) is 0 Å². The van der Waals surface area contributed by atoms with Crippen LogP contribution in [0.3, 0.4) is 0 Å². The summed E-state index contributed by atoms with van der Waals surface area (Å²) in [5.74, 6) is 1.34. The molecule has 0 spiro atoms. The molecule has 0 nitrogen and oxygen atoms in total. The van der Waals surface area contributed by atoms with Gasteiger partial charge in [-0.2, -0.15) is 0 Å². The van der Waals surface area contributed by atoms with Crippen LogP contribution in [0.1, 0.15) is 6.92 Å². The molecule has 33 valence electrons. The van der Waals surface area contributed by atoms with Gasteiger partial charge in [-0.1, -0.05) is 31.2 Å². The van der Waals surface area contributed by atoms with Gasteiger partial charge in [-0.15, -0.1) is 0 Å². The van der Waals surface area contributed by atoms with Crippen LogP contribution in [0.25, 0.3) is 0 Å². The predicted octanol–water partition coefficient (Wildman–Crippen LogP) is 1.06. The van der Waals surface area contributed by atoms with Crippen LogP contribution in [0.5, 0.6) is 0 Å². The van der Waals surface area contributed by atoms with Crippen LogP contribution in [0.4, 0.5) is 0 Å². The molecule has 0 bridgehead atoms. The molecular formula is C6H8Li. The van der Waals surface area contributed by atoms with Gasteiger partial charge < -0.3 is 0 Å². The van der Waals surface area contributed by atoms with Crippen molar-refractivity contribution in [2.24, 2.45) is 0 Å². The Morgan fingerprint density at radius 1 is 1.14 bits per heavy atom. The Balaban J connectivity index is 0.000000360. The van der Waals surface area contributed by atoms with E-state index < -0.39 is 0 Å². The maximum absolute atomic E-state index is 2.08. The first kappa shape index (κ1) is 7.08. The predicted molar refractivity (Wildman–Crippen MR) is 34.3 cm³/mol. The standard InChI is InChI=1S/C6H7.Li.H/c1-6-4-2-3-5-6;;/h2-5H,1H3;;. The summed E-state index contributed by atoms with van der Waals surface area (Å²) >= 11 is 0. The monoisotopic (exact) mass is 87.1 g/mol. The summed E-state index contributed by atoms with van der Waals surface area (Å²) in [6, 6.07) is 0. The number of hydrogen-bond acceptors (Lipinski definition) is 0. The second kappa shape index (κ2) is 3.13. The van der Waals surface area contributed by atoms with E-state index in [4.69, 9.17) is 0 Å². The quantitative estimate of drug-likeness (QED) is 0.387. The fourth-order valence-electron chi connectivity index (χ4n) is 0.470. The zero-order valence-corrected chi connectivity index (χ0v) is 3.81. The van der Waals surface area contributed by atoms with Gasteiger partial charge in [-0.05, 0) is 0 Å². The normalized spacial score (nSPS) is 17.3. The van der Waals surface area contributed by atoms with Crippen molar-refractivity contribution in [3.8, 4) is 0 Å². The first-order chi connectivity index (χ1) is 2.89. The third-order valence-electron chi connectivity index (χ3n) is 0.829. The van der Waals surface area contributed by atoms with Gasteiger partial charge in [0.05, 0.1) is 0 Å². The van der Waals surface area contributed by atoms with Crippen molar-refractivity contribution in [3.05, 3.63) is 30.2 Å². The summed E-state index contributed by atoms with van der Waals surface area (Å²) in [6.45, 7) is 2.08. The van der Waals surface area contributed by atoms with Crippen LogP contribution < -0.4 is 0 Å². The molecule has 1 aliphatic rings. The topological polar surface area (TPSA) is 0 Å². The number of rotatable bonds is 0. The van der Waals surface area contributed by atoms with Crippen LogP contribution in [0.2, 0.25) is 0 Å². The second-order valence-electron chi connectivity index (χ2n) is 1.46. The van der Waals surface area contributed by atoms with E-state index in [2.05, 4.69) is 19.1 Å². The molecule has 0 aliphatic heterocycles. The van der Waals surface area contributed by atoms with Crippen molar-refractivity contribution in [3.63, 3.8) is 0 Å². The van der Waals surface area contributed by atoms with Crippen LogP contribution in [0, 0.1) is 5.92 Å². The minimum atomic E-state index is 0. The average Bonchev–Trinajstić information content (AvgIpc) is 1.86. The minimum absolute atomic E-state index is 0. The zero-order chi connectivity index (χ0) is 4.41. The van der Waals surface area contributed by atoms with E-state index in [0.717, 1.165) is 0 Å². The molecule has 0 heterocycles. The van der Waals surface area contributed by atoms with E-state index in [9.17, 15) is 0 Å². The first-order valence-electron chi connectivity index (χ1n) is 2.08. The molecule has 0 aromatic heterocycles. The molecule has 1 rings (SSSR count). The summed E-state index contributed by atoms with van der Waals surface area (Å²) in [5, 5.41) is 0. The molecule has 0 aromatic rings. The van der Waals surface area contributed by atoms with Gasteiger partial charge in [0, 0.05) is 5.92 Å². The fraction of sp³-hybridized carbons (Fsp3) is 0.167. The van der Waals surface area contributed by atoms with E-state index in [-0.39, 0.29) is 18.9 Å². The summed E-state index contributed by atoms with van der Waals surface area (Å²) in [7, 11) is 0. The molecule has 1 aliphatic carbocycles. The van der Waals surface area contributed by atoms with E-state index in [1.165, 1.54) is 5.92 Å². The van der Waals surface area contributed by atoms with Crippen LogP contribution >= 0.6 is 0 Å². The number of hydrogen-bond donors (Lipinski definition) is 0. The SMILES string of the molecule is C[C]1C=CC=C1.[LiH].